The molecule has 2 aliphatic carbocycles. The van der Waals surface area contributed by atoms with Gasteiger partial charge in [-0.25, -0.2) is 0 Å². The molecule has 0 amide bonds. The predicted octanol–water partition coefficient (Wildman–Crippen LogP) is 15.1. The van der Waals surface area contributed by atoms with Gasteiger partial charge in [-0.15, -0.1) is 0 Å². The number of para-hydroxylation sites is 1. The van der Waals surface area contributed by atoms with Crippen molar-refractivity contribution in [3.63, 3.8) is 0 Å². The highest BCUT2D eigenvalue weighted by Gasteiger charge is 2.48. The quantitative estimate of drug-likeness (QED) is 0.165. The Kier molecular flexibility index (Phi) is 7.64. The van der Waals surface area contributed by atoms with Crippen molar-refractivity contribution >= 4 is 62.1 Å². The van der Waals surface area contributed by atoms with Crippen LogP contribution in [0.15, 0.2) is 180 Å². The minimum atomic E-state index is -0.152. The lowest BCUT2D eigenvalue weighted by Crippen LogP contribution is -2.55. The Balaban J connectivity index is 1.12. The Hall–Kier alpha value is -7.36. The van der Waals surface area contributed by atoms with Crippen LogP contribution in [0, 0.1) is 0 Å². The summed E-state index contributed by atoms with van der Waals surface area (Å²) in [7, 11) is 0. The molecule has 0 N–H and O–H groups in total. The highest BCUT2D eigenvalue weighted by Crippen LogP contribution is 2.55. The van der Waals surface area contributed by atoms with E-state index >= 15 is 0 Å². The number of hydrogen-bond acceptors (Lipinski definition) is 2. The summed E-state index contributed by atoms with van der Waals surface area (Å²) in [6.45, 7) is 16.7. The number of fused-ring (bicyclic) bond motifs is 14. The van der Waals surface area contributed by atoms with Crippen molar-refractivity contribution in [3.8, 4) is 55.6 Å². The molecule has 2 nitrogen and oxygen atoms in total. The maximum absolute atomic E-state index is 6.39. The van der Waals surface area contributed by atoms with Crippen LogP contribution in [-0.2, 0) is 16.2 Å². The molecule has 67 heavy (non-hydrogen) atoms. The van der Waals surface area contributed by atoms with Crippen molar-refractivity contribution in [2.24, 2.45) is 0 Å². The number of rotatable bonds is 3. The zero-order valence-electron chi connectivity index (χ0n) is 39.2. The van der Waals surface area contributed by atoms with Crippen LogP contribution < -0.4 is 21.3 Å². The summed E-state index contributed by atoms with van der Waals surface area (Å²) in [4.78, 5) is 2.65. The van der Waals surface area contributed by atoms with E-state index in [0.29, 0.717) is 0 Å². The number of nitrogens with zero attached hydrogens (tertiary/aromatic N) is 1. The Bertz CT molecular complexity index is 3800. The summed E-state index contributed by atoms with van der Waals surface area (Å²) in [5, 5.41) is 2.28. The van der Waals surface area contributed by atoms with E-state index in [-0.39, 0.29) is 23.0 Å². The standard InChI is InChI=1S/C64H50BNO/c1-62(2,3)40-26-27-56(44(32-40)37-17-9-8-10-18-37)66-57-34-46-42-20-12-15-23-51(42)64(6,7)53(46)36-55(57)65-54-35-52-45(41-19-11-14-22-50(41)63(52,4)5)33-47(54)49-30-39(31-58(66)61(49)65)38-25-28-60-48(29-38)43-21-13-16-24-59(43)67-60/h8-36H,1-7H3. The van der Waals surface area contributed by atoms with Crippen LogP contribution in [0.1, 0.15) is 76.3 Å². The smallest absolute Gasteiger partial charge is 0.248 e. The van der Waals surface area contributed by atoms with E-state index in [1.807, 2.05) is 0 Å². The first kappa shape index (κ1) is 38.9. The largest absolute Gasteiger partial charge is 0.456 e. The molecule has 0 unspecified atom stereocenters. The van der Waals surface area contributed by atoms with Gasteiger partial charge in [-0.05, 0) is 149 Å². The molecular formula is C64H50BNO. The summed E-state index contributed by atoms with van der Waals surface area (Å²) in [6.07, 6.45) is 0. The number of benzene rings is 9. The predicted molar refractivity (Wildman–Crippen MR) is 283 cm³/mol. The molecular weight excluding hydrogens is 810 g/mol. The summed E-state index contributed by atoms with van der Waals surface area (Å²) in [5.74, 6) is 0. The zero-order valence-corrected chi connectivity index (χ0v) is 39.2. The summed E-state index contributed by atoms with van der Waals surface area (Å²) < 4.78 is 6.39. The molecule has 0 bridgehead atoms. The SMILES string of the molecule is CC(C)(C)c1ccc(N2c3cc4c(cc3B3c5cc6c(cc5-c5cc(-c7ccc8oc9ccccc9c8c7)cc2c53)-c2ccccc2C6(C)C)C(C)(C)c2ccccc2-4)c(-c2ccccc2)c1. The van der Waals surface area contributed by atoms with Crippen molar-refractivity contribution in [2.75, 3.05) is 4.90 Å². The first-order chi connectivity index (χ1) is 32.4. The van der Waals surface area contributed by atoms with E-state index < -0.39 is 0 Å². The molecule has 0 radical (unpaired) electrons. The van der Waals surface area contributed by atoms with E-state index in [2.05, 4.69) is 229 Å². The van der Waals surface area contributed by atoms with E-state index in [1.54, 1.807) is 0 Å². The zero-order chi connectivity index (χ0) is 45.3. The Morgan fingerprint density at radius 3 is 1.78 bits per heavy atom. The van der Waals surface area contributed by atoms with Crippen LogP contribution in [0.3, 0.4) is 0 Å². The van der Waals surface area contributed by atoms with Crippen molar-refractivity contribution in [1.82, 2.24) is 0 Å². The van der Waals surface area contributed by atoms with E-state index in [9.17, 15) is 0 Å². The van der Waals surface area contributed by atoms with Crippen LogP contribution in [0.2, 0.25) is 0 Å². The second-order valence-corrected chi connectivity index (χ2v) is 21.7. The van der Waals surface area contributed by atoms with Gasteiger partial charge in [0.25, 0.3) is 0 Å². The monoisotopic (exact) mass is 859 g/mol. The van der Waals surface area contributed by atoms with Gasteiger partial charge in [-0.2, -0.15) is 0 Å². The van der Waals surface area contributed by atoms with Gasteiger partial charge < -0.3 is 9.32 Å². The van der Waals surface area contributed by atoms with E-state index in [1.165, 1.54) is 117 Å². The van der Waals surface area contributed by atoms with Gasteiger partial charge in [0.15, 0.2) is 0 Å². The molecule has 3 heteroatoms. The van der Waals surface area contributed by atoms with Crippen LogP contribution in [0.5, 0.6) is 0 Å². The molecule has 0 spiro atoms. The van der Waals surface area contributed by atoms with Gasteiger partial charge in [0, 0.05) is 38.5 Å². The van der Waals surface area contributed by atoms with Crippen LogP contribution in [-0.4, -0.2) is 6.71 Å². The van der Waals surface area contributed by atoms with Crippen LogP contribution >= 0.6 is 0 Å². The third-order valence-corrected chi connectivity index (χ3v) is 16.2. The topological polar surface area (TPSA) is 16.4 Å². The molecule has 10 aromatic rings. The van der Waals surface area contributed by atoms with Crippen molar-refractivity contribution in [3.05, 3.63) is 204 Å². The van der Waals surface area contributed by atoms with Crippen molar-refractivity contribution in [2.45, 2.75) is 64.7 Å². The van der Waals surface area contributed by atoms with Gasteiger partial charge in [-0.1, -0.05) is 175 Å². The normalized spacial score (nSPS) is 15.3. The molecule has 9 aromatic carbocycles. The third kappa shape index (κ3) is 5.23. The number of anilines is 3. The van der Waals surface area contributed by atoms with E-state index in [0.717, 1.165) is 21.9 Å². The average Bonchev–Trinajstić information content (AvgIpc) is 4.01. The highest BCUT2D eigenvalue weighted by atomic mass is 16.3. The van der Waals surface area contributed by atoms with Crippen LogP contribution in [0.25, 0.3) is 77.6 Å². The molecule has 0 atom stereocenters. The number of hydrogen-bond donors (Lipinski definition) is 0. The Morgan fingerprint density at radius 2 is 1.04 bits per heavy atom. The fourth-order valence-corrected chi connectivity index (χ4v) is 12.8. The average molecular weight is 860 g/mol. The second-order valence-electron chi connectivity index (χ2n) is 21.7. The van der Waals surface area contributed by atoms with Gasteiger partial charge in [-0.3, -0.25) is 0 Å². The number of furan rings is 1. The Morgan fingerprint density at radius 1 is 0.403 bits per heavy atom. The van der Waals surface area contributed by atoms with Crippen LogP contribution in [0.4, 0.5) is 17.1 Å². The molecule has 1 aromatic heterocycles. The molecule has 320 valence electrons. The fourth-order valence-electron chi connectivity index (χ4n) is 12.8. The van der Waals surface area contributed by atoms with Gasteiger partial charge in [0.1, 0.15) is 11.2 Å². The maximum Gasteiger partial charge on any atom is 0.248 e. The van der Waals surface area contributed by atoms with Gasteiger partial charge in [0.05, 0.1) is 5.69 Å². The molecule has 4 aliphatic rings. The summed E-state index contributed by atoms with van der Waals surface area (Å²) in [6, 6.07) is 67.1. The van der Waals surface area contributed by atoms with Gasteiger partial charge in [0.2, 0.25) is 6.71 Å². The van der Waals surface area contributed by atoms with Gasteiger partial charge >= 0.3 is 0 Å². The minimum Gasteiger partial charge on any atom is -0.456 e. The highest BCUT2D eigenvalue weighted by molar-refractivity contribution is 7.01. The fraction of sp³-hybridized carbons (Fsp3) is 0.156. The molecule has 0 saturated heterocycles. The summed E-state index contributed by atoms with van der Waals surface area (Å²) in [5.41, 5.74) is 29.2. The Labute approximate surface area is 393 Å². The molecule has 0 saturated carbocycles. The molecule has 0 fully saturated rings. The maximum atomic E-state index is 6.39. The molecule has 3 heterocycles. The van der Waals surface area contributed by atoms with Crippen molar-refractivity contribution < 1.29 is 4.42 Å². The molecule has 14 rings (SSSR count). The lowest BCUT2D eigenvalue weighted by molar-refractivity contribution is 0.590. The first-order valence-corrected chi connectivity index (χ1v) is 24.0. The lowest BCUT2D eigenvalue weighted by Gasteiger charge is -2.39. The minimum absolute atomic E-state index is 0.0332. The van der Waals surface area contributed by atoms with Crippen molar-refractivity contribution in [1.29, 1.82) is 0 Å². The first-order valence-electron chi connectivity index (χ1n) is 24.0. The van der Waals surface area contributed by atoms with E-state index in [4.69, 9.17) is 4.42 Å². The summed E-state index contributed by atoms with van der Waals surface area (Å²) >= 11 is 0. The third-order valence-electron chi connectivity index (χ3n) is 16.2. The molecule has 2 aliphatic heterocycles. The second kappa shape index (κ2) is 13.2. The lowest BCUT2D eigenvalue weighted by atomic mass is 9.36.